The van der Waals surface area contributed by atoms with E-state index in [0.29, 0.717) is 41.6 Å². The van der Waals surface area contributed by atoms with E-state index < -0.39 is 12.0 Å². The lowest BCUT2D eigenvalue weighted by atomic mass is 10.1. The van der Waals surface area contributed by atoms with E-state index in [9.17, 15) is 18.0 Å². The number of alkyl halides is 3. The minimum absolute atomic E-state index is 0.0392. The van der Waals surface area contributed by atoms with Gasteiger partial charge in [-0.05, 0) is 26.0 Å². The number of halogens is 3. The van der Waals surface area contributed by atoms with Crippen molar-refractivity contribution < 1.29 is 27.4 Å². The van der Waals surface area contributed by atoms with Gasteiger partial charge in [0.1, 0.15) is 6.61 Å². The van der Waals surface area contributed by atoms with E-state index in [0.717, 1.165) is 4.52 Å². The second kappa shape index (κ2) is 7.71. The van der Waals surface area contributed by atoms with E-state index in [1.54, 1.807) is 27.0 Å². The molecule has 0 fully saturated rings. The van der Waals surface area contributed by atoms with Gasteiger partial charge in [0.05, 0.1) is 13.0 Å². The van der Waals surface area contributed by atoms with Crippen LogP contribution in [0.3, 0.4) is 0 Å². The number of fused-ring (bicyclic) bond motifs is 2. The number of ether oxygens (including phenoxy) is 2. The maximum Gasteiger partial charge on any atom is 0.453 e. The molecule has 0 radical (unpaired) electrons. The Hall–Kier alpha value is -3.37. The van der Waals surface area contributed by atoms with Crippen LogP contribution in [0.1, 0.15) is 22.8 Å². The molecule has 31 heavy (non-hydrogen) atoms. The number of hydrogen-bond acceptors (Lipinski definition) is 6. The Morgan fingerprint density at radius 1 is 1.23 bits per heavy atom. The van der Waals surface area contributed by atoms with E-state index in [-0.39, 0.29) is 24.2 Å². The van der Waals surface area contributed by atoms with Crippen LogP contribution in [0.5, 0.6) is 11.5 Å². The smallest absolute Gasteiger partial charge is 0.453 e. The summed E-state index contributed by atoms with van der Waals surface area (Å²) >= 11 is 0. The molecule has 3 heterocycles. The molecule has 0 saturated carbocycles. The third-order valence-electron chi connectivity index (χ3n) is 5.10. The summed E-state index contributed by atoms with van der Waals surface area (Å²) in [7, 11) is 1.64. The van der Waals surface area contributed by atoms with Crippen molar-refractivity contribution in [1.82, 2.24) is 24.5 Å². The Labute approximate surface area is 175 Å². The molecule has 11 heteroatoms. The van der Waals surface area contributed by atoms with E-state index >= 15 is 0 Å². The highest BCUT2D eigenvalue weighted by atomic mass is 19.4. The van der Waals surface area contributed by atoms with Crippen molar-refractivity contribution >= 4 is 11.7 Å². The number of likely N-dealkylation sites (N-methyl/N-ethyl adjacent to an activating group) is 1. The standard InChI is InChI=1S/C20H20F3N5O3/c1-11-14(12(2)28-19(24-11)25-18(26-28)20(21,22)23)8-17(29)27(3)9-13-10-30-15-6-4-5-7-16(15)31-13/h4-7,13H,8-10H2,1-3H3/t13-/m1/s1. The average molecular weight is 435 g/mol. The predicted molar refractivity (Wildman–Crippen MR) is 103 cm³/mol. The molecular formula is C20H20F3N5O3. The number of carbonyl (C=O) groups excluding carboxylic acids is 1. The molecule has 0 unspecified atom stereocenters. The van der Waals surface area contributed by atoms with Gasteiger partial charge in [0.25, 0.3) is 11.6 Å². The summed E-state index contributed by atoms with van der Waals surface area (Å²) in [4.78, 5) is 21.9. The Morgan fingerprint density at radius 2 is 1.94 bits per heavy atom. The van der Waals surface area contributed by atoms with Gasteiger partial charge in [-0.15, -0.1) is 5.10 Å². The summed E-state index contributed by atoms with van der Waals surface area (Å²) in [6.07, 6.45) is -5.05. The zero-order valence-electron chi connectivity index (χ0n) is 17.1. The number of benzene rings is 1. The molecule has 0 bridgehead atoms. The highest BCUT2D eigenvalue weighted by Crippen LogP contribution is 2.31. The first-order chi connectivity index (χ1) is 14.6. The van der Waals surface area contributed by atoms with Gasteiger partial charge in [-0.2, -0.15) is 18.2 Å². The first-order valence-electron chi connectivity index (χ1n) is 9.56. The van der Waals surface area contributed by atoms with Crippen molar-refractivity contribution in [2.45, 2.75) is 32.5 Å². The number of carbonyl (C=O) groups is 1. The molecule has 0 saturated heterocycles. The van der Waals surface area contributed by atoms with Crippen LogP contribution >= 0.6 is 0 Å². The zero-order chi connectivity index (χ0) is 22.3. The Morgan fingerprint density at radius 3 is 2.65 bits per heavy atom. The molecule has 164 valence electrons. The van der Waals surface area contributed by atoms with E-state index in [1.807, 2.05) is 18.2 Å². The van der Waals surface area contributed by atoms with Crippen LogP contribution in [0.15, 0.2) is 24.3 Å². The quantitative estimate of drug-likeness (QED) is 0.627. The van der Waals surface area contributed by atoms with Crippen LogP contribution in [0, 0.1) is 13.8 Å². The number of rotatable bonds is 4. The van der Waals surface area contributed by atoms with Crippen LogP contribution in [0.2, 0.25) is 0 Å². The van der Waals surface area contributed by atoms with Crippen LogP contribution in [0.4, 0.5) is 13.2 Å². The molecule has 1 aliphatic heterocycles. The summed E-state index contributed by atoms with van der Waals surface area (Å²) in [6.45, 7) is 3.82. The maximum absolute atomic E-state index is 12.9. The summed E-state index contributed by atoms with van der Waals surface area (Å²) in [5, 5.41) is 3.51. The second-order valence-corrected chi connectivity index (χ2v) is 7.35. The first-order valence-corrected chi connectivity index (χ1v) is 9.56. The SMILES string of the molecule is Cc1nc2nc(C(F)(F)F)nn2c(C)c1CC(=O)N(C)C[C@@H]1COc2ccccc2O1. The highest BCUT2D eigenvalue weighted by molar-refractivity contribution is 5.79. The maximum atomic E-state index is 12.9. The van der Waals surface area contributed by atoms with Crippen molar-refractivity contribution in [3.05, 3.63) is 47.0 Å². The molecular weight excluding hydrogens is 415 g/mol. The lowest BCUT2D eigenvalue weighted by Gasteiger charge is -2.29. The fourth-order valence-corrected chi connectivity index (χ4v) is 3.43. The lowest BCUT2D eigenvalue weighted by molar-refractivity contribution is -0.144. The Kier molecular flexibility index (Phi) is 5.19. The van der Waals surface area contributed by atoms with E-state index in [2.05, 4.69) is 15.1 Å². The van der Waals surface area contributed by atoms with Crippen molar-refractivity contribution in [2.75, 3.05) is 20.2 Å². The Bertz CT molecular complexity index is 1150. The lowest BCUT2D eigenvalue weighted by Crippen LogP contribution is -2.42. The van der Waals surface area contributed by atoms with E-state index in [4.69, 9.17) is 9.47 Å². The zero-order valence-corrected chi connectivity index (χ0v) is 17.1. The van der Waals surface area contributed by atoms with E-state index in [1.165, 1.54) is 4.90 Å². The van der Waals surface area contributed by atoms with Crippen LogP contribution in [-0.4, -0.2) is 56.7 Å². The fraction of sp³-hybridized carbons (Fsp3) is 0.400. The molecule has 0 aliphatic carbocycles. The number of aryl methyl sites for hydroxylation is 2. The predicted octanol–water partition coefficient (Wildman–Crippen LogP) is 2.60. The Balaban J connectivity index is 1.49. The third-order valence-corrected chi connectivity index (χ3v) is 5.10. The van der Waals surface area contributed by atoms with Crippen molar-refractivity contribution in [3.63, 3.8) is 0 Å². The average Bonchev–Trinajstić information content (AvgIpc) is 3.15. The molecule has 4 rings (SSSR count). The fourth-order valence-electron chi connectivity index (χ4n) is 3.43. The van der Waals surface area contributed by atoms with Gasteiger partial charge in [-0.25, -0.2) is 9.50 Å². The molecule has 0 spiro atoms. The minimum Gasteiger partial charge on any atom is -0.486 e. The number of para-hydroxylation sites is 2. The summed E-state index contributed by atoms with van der Waals surface area (Å²) in [6, 6.07) is 7.29. The van der Waals surface area contributed by atoms with Gasteiger partial charge in [-0.3, -0.25) is 4.79 Å². The molecule has 1 aromatic carbocycles. The molecule has 8 nitrogen and oxygen atoms in total. The molecule has 0 N–H and O–H groups in total. The van der Waals surface area contributed by atoms with Crippen molar-refractivity contribution in [2.24, 2.45) is 0 Å². The number of hydrogen-bond donors (Lipinski definition) is 0. The highest BCUT2D eigenvalue weighted by Gasteiger charge is 2.37. The van der Waals surface area contributed by atoms with Gasteiger partial charge in [0.15, 0.2) is 17.6 Å². The van der Waals surface area contributed by atoms with Gasteiger partial charge in [-0.1, -0.05) is 12.1 Å². The molecule has 1 atom stereocenters. The summed E-state index contributed by atoms with van der Waals surface area (Å²) < 4.78 is 51.4. The number of nitrogens with zero attached hydrogens (tertiary/aromatic N) is 5. The van der Waals surface area contributed by atoms with Crippen molar-refractivity contribution in [3.8, 4) is 11.5 Å². The largest absolute Gasteiger partial charge is 0.486 e. The van der Waals surface area contributed by atoms with Crippen LogP contribution < -0.4 is 9.47 Å². The van der Waals surface area contributed by atoms with Crippen LogP contribution in [-0.2, 0) is 17.4 Å². The molecule has 1 aliphatic rings. The first kappa shape index (κ1) is 20.9. The summed E-state index contributed by atoms with van der Waals surface area (Å²) in [5.74, 6) is -0.376. The summed E-state index contributed by atoms with van der Waals surface area (Å²) in [5.41, 5.74) is 1.33. The van der Waals surface area contributed by atoms with Gasteiger partial charge in [0.2, 0.25) is 5.91 Å². The molecule has 2 aromatic heterocycles. The third kappa shape index (κ3) is 4.12. The monoisotopic (exact) mass is 435 g/mol. The normalized spacial score (nSPS) is 15.9. The van der Waals surface area contributed by atoms with Crippen LogP contribution in [0.25, 0.3) is 5.78 Å². The number of aromatic nitrogens is 4. The van der Waals surface area contributed by atoms with Gasteiger partial charge in [0, 0.05) is 24.0 Å². The second-order valence-electron chi connectivity index (χ2n) is 7.35. The molecule has 1 amide bonds. The number of amides is 1. The molecule has 3 aromatic rings. The topological polar surface area (TPSA) is 81.9 Å². The van der Waals surface area contributed by atoms with Crippen molar-refractivity contribution in [1.29, 1.82) is 0 Å². The van der Waals surface area contributed by atoms with Gasteiger partial charge < -0.3 is 14.4 Å². The van der Waals surface area contributed by atoms with Gasteiger partial charge >= 0.3 is 6.18 Å². The minimum atomic E-state index is -4.68.